The molecule has 0 radical (unpaired) electrons. The van der Waals surface area contributed by atoms with Crippen LogP contribution in [0.5, 0.6) is 0 Å². The van der Waals surface area contributed by atoms with E-state index in [9.17, 15) is 9.59 Å². The van der Waals surface area contributed by atoms with Crippen molar-refractivity contribution in [2.45, 2.75) is 23.9 Å². The summed E-state index contributed by atoms with van der Waals surface area (Å²) in [4.78, 5) is 46.5. The predicted molar refractivity (Wildman–Crippen MR) is 143 cm³/mol. The SMILES string of the molecule is CN1C(=O)NC(=O)C2C1N=C(N1CCN(Cc3ccccc3)CC1)N2CCSc1nc2ccccc2[nH]1. The van der Waals surface area contributed by atoms with Gasteiger partial charge in [-0.3, -0.25) is 15.0 Å². The van der Waals surface area contributed by atoms with Crippen LogP contribution in [0, 0.1) is 0 Å². The number of hydrogen-bond acceptors (Lipinski definition) is 8. The summed E-state index contributed by atoms with van der Waals surface area (Å²) in [7, 11) is 1.70. The van der Waals surface area contributed by atoms with E-state index in [0.29, 0.717) is 6.54 Å². The van der Waals surface area contributed by atoms with Gasteiger partial charge in [-0.15, -0.1) is 0 Å². The summed E-state index contributed by atoms with van der Waals surface area (Å²) in [6.45, 7) is 4.98. The second-order valence-electron chi connectivity index (χ2n) is 9.54. The third kappa shape index (κ3) is 4.76. The van der Waals surface area contributed by atoms with E-state index in [4.69, 9.17) is 4.99 Å². The first-order valence-electron chi connectivity index (χ1n) is 12.6. The maximum Gasteiger partial charge on any atom is 0.325 e. The summed E-state index contributed by atoms with van der Waals surface area (Å²) in [5.74, 6) is 1.24. The van der Waals surface area contributed by atoms with Crippen molar-refractivity contribution in [2.24, 2.45) is 4.99 Å². The van der Waals surface area contributed by atoms with Gasteiger partial charge in [0.25, 0.3) is 5.91 Å². The zero-order valence-electron chi connectivity index (χ0n) is 20.7. The number of benzene rings is 2. The van der Waals surface area contributed by atoms with Crippen LogP contribution in [0.1, 0.15) is 5.56 Å². The Hall–Kier alpha value is -3.57. The van der Waals surface area contributed by atoms with Gasteiger partial charge in [0.15, 0.2) is 23.3 Å². The first kappa shape index (κ1) is 23.8. The molecule has 2 N–H and O–H groups in total. The Morgan fingerprint density at radius 2 is 1.76 bits per heavy atom. The second kappa shape index (κ2) is 10.1. The number of urea groups is 1. The Labute approximate surface area is 219 Å². The molecule has 1 aromatic heterocycles. The number of guanidine groups is 1. The molecule has 192 valence electrons. The second-order valence-corrected chi connectivity index (χ2v) is 10.6. The van der Waals surface area contributed by atoms with Crippen LogP contribution in [0.3, 0.4) is 0 Å². The van der Waals surface area contributed by atoms with Crippen LogP contribution >= 0.6 is 11.8 Å². The number of aliphatic imine (C=N–C) groups is 1. The van der Waals surface area contributed by atoms with Crippen molar-refractivity contribution in [1.82, 2.24) is 34.9 Å². The molecule has 3 aromatic rings. The van der Waals surface area contributed by atoms with E-state index in [0.717, 1.165) is 60.6 Å². The molecule has 4 heterocycles. The van der Waals surface area contributed by atoms with Gasteiger partial charge in [-0.05, 0) is 17.7 Å². The number of amides is 3. The van der Waals surface area contributed by atoms with Gasteiger partial charge in [-0.2, -0.15) is 0 Å². The van der Waals surface area contributed by atoms with Crippen LogP contribution in [0.4, 0.5) is 4.79 Å². The number of imidazole rings is 1. The molecule has 0 saturated carbocycles. The van der Waals surface area contributed by atoms with Crippen LogP contribution in [0.25, 0.3) is 11.0 Å². The molecule has 3 aliphatic heterocycles. The van der Waals surface area contributed by atoms with Crippen molar-refractivity contribution in [3.8, 4) is 0 Å². The minimum atomic E-state index is -0.531. The fourth-order valence-electron chi connectivity index (χ4n) is 5.20. The van der Waals surface area contributed by atoms with Crippen LogP contribution < -0.4 is 5.32 Å². The lowest BCUT2D eigenvalue weighted by Gasteiger charge is -2.40. The van der Waals surface area contributed by atoms with Crippen molar-refractivity contribution < 1.29 is 9.59 Å². The lowest BCUT2D eigenvalue weighted by atomic mass is 10.1. The summed E-state index contributed by atoms with van der Waals surface area (Å²) in [5, 5.41) is 3.35. The van der Waals surface area contributed by atoms with Crippen LogP contribution in [0.15, 0.2) is 64.7 Å². The number of fused-ring (bicyclic) bond motifs is 2. The number of piperazine rings is 1. The number of nitrogens with zero attached hydrogens (tertiary/aromatic N) is 6. The number of aromatic amines is 1. The maximum absolute atomic E-state index is 13.0. The zero-order valence-corrected chi connectivity index (χ0v) is 21.5. The Morgan fingerprint density at radius 3 is 2.54 bits per heavy atom. The predicted octanol–water partition coefficient (Wildman–Crippen LogP) is 2.02. The van der Waals surface area contributed by atoms with Gasteiger partial charge in [-0.1, -0.05) is 54.2 Å². The number of para-hydroxylation sites is 2. The van der Waals surface area contributed by atoms with E-state index in [-0.39, 0.29) is 5.91 Å². The highest BCUT2D eigenvalue weighted by atomic mass is 32.2. The summed E-state index contributed by atoms with van der Waals surface area (Å²) >= 11 is 1.62. The largest absolute Gasteiger partial charge is 0.340 e. The summed E-state index contributed by atoms with van der Waals surface area (Å²) < 4.78 is 0. The highest BCUT2D eigenvalue weighted by Crippen LogP contribution is 2.27. The van der Waals surface area contributed by atoms with Gasteiger partial charge < -0.3 is 19.7 Å². The van der Waals surface area contributed by atoms with Gasteiger partial charge in [0.2, 0.25) is 0 Å². The number of imide groups is 1. The van der Waals surface area contributed by atoms with E-state index >= 15 is 0 Å². The molecular weight excluding hydrogens is 488 g/mol. The number of carbonyl (C=O) groups is 2. The Bertz CT molecular complexity index is 1290. The van der Waals surface area contributed by atoms with Gasteiger partial charge in [-0.25, -0.2) is 14.8 Å². The standard InChI is InChI=1S/C26H30N8O2S/c1-31-22-21(23(35)30-26(31)36)34(15-16-37-24-27-19-9-5-6-10-20(19)28-24)25(29-22)33-13-11-32(12-14-33)17-18-7-3-2-4-8-18/h2-10,21-22H,11-17H2,1H3,(H,27,28)(H,30,35,36). The molecule has 3 aliphatic rings. The molecule has 2 unspecified atom stereocenters. The van der Waals surface area contributed by atoms with Crippen LogP contribution in [-0.4, -0.2) is 105 Å². The van der Waals surface area contributed by atoms with E-state index < -0.39 is 18.2 Å². The van der Waals surface area contributed by atoms with Crippen molar-refractivity contribution in [3.05, 3.63) is 60.2 Å². The molecule has 37 heavy (non-hydrogen) atoms. The summed E-state index contributed by atoms with van der Waals surface area (Å²) in [6.07, 6.45) is -0.519. The number of nitrogens with one attached hydrogen (secondary N) is 2. The molecule has 2 atom stereocenters. The highest BCUT2D eigenvalue weighted by Gasteiger charge is 2.49. The first-order valence-corrected chi connectivity index (χ1v) is 13.6. The van der Waals surface area contributed by atoms with Gasteiger partial charge in [0.05, 0.1) is 11.0 Å². The lowest BCUT2D eigenvalue weighted by Crippen LogP contribution is -2.64. The topological polar surface area (TPSA) is 100 Å². The summed E-state index contributed by atoms with van der Waals surface area (Å²) in [5.41, 5.74) is 3.25. The number of thioether (sulfide) groups is 1. The minimum absolute atomic E-state index is 0.289. The van der Waals surface area contributed by atoms with Crippen molar-refractivity contribution in [1.29, 1.82) is 0 Å². The number of likely N-dealkylation sites (N-methyl/N-ethyl adjacent to an activating group) is 1. The van der Waals surface area contributed by atoms with Crippen molar-refractivity contribution in [2.75, 3.05) is 45.5 Å². The fraction of sp³-hybridized carbons (Fsp3) is 0.385. The third-order valence-corrected chi connectivity index (χ3v) is 8.03. The molecule has 2 fully saturated rings. The third-order valence-electron chi connectivity index (χ3n) is 7.18. The molecule has 0 bridgehead atoms. The minimum Gasteiger partial charge on any atom is -0.340 e. The van der Waals surface area contributed by atoms with Crippen molar-refractivity contribution >= 4 is 40.7 Å². The Kier molecular flexibility index (Phi) is 6.47. The molecular formula is C26H30N8O2S. The Morgan fingerprint density at radius 1 is 1.00 bits per heavy atom. The molecule has 11 heteroatoms. The maximum atomic E-state index is 13.0. The van der Waals surface area contributed by atoms with E-state index in [1.165, 1.54) is 10.5 Å². The molecule has 3 amide bonds. The number of hydrogen-bond donors (Lipinski definition) is 2. The number of H-pyrrole nitrogens is 1. The number of rotatable bonds is 6. The van der Waals surface area contributed by atoms with Crippen LogP contribution in [0.2, 0.25) is 0 Å². The quantitative estimate of drug-likeness (QED) is 0.482. The fourth-order valence-corrected chi connectivity index (χ4v) is 6.03. The van der Waals surface area contributed by atoms with Gasteiger partial charge >= 0.3 is 6.03 Å². The zero-order chi connectivity index (χ0) is 25.4. The molecule has 10 nitrogen and oxygen atoms in total. The molecule has 2 aromatic carbocycles. The van der Waals surface area contributed by atoms with Crippen LogP contribution in [-0.2, 0) is 11.3 Å². The van der Waals surface area contributed by atoms with E-state index in [1.807, 2.05) is 30.3 Å². The average Bonchev–Trinajstić information content (AvgIpc) is 3.50. The summed E-state index contributed by atoms with van der Waals surface area (Å²) in [6, 6.07) is 17.5. The average molecular weight is 519 g/mol. The van der Waals surface area contributed by atoms with Gasteiger partial charge in [0.1, 0.15) is 0 Å². The number of carbonyl (C=O) groups excluding carboxylic acids is 2. The first-order chi connectivity index (χ1) is 18.1. The van der Waals surface area contributed by atoms with E-state index in [1.54, 1.807) is 18.8 Å². The monoisotopic (exact) mass is 518 g/mol. The molecule has 6 rings (SSSR count). The Balaban J connectivity index is 1.15. The molecule has 0 aliphatic carbocycles. The molecule has 2 saturated heterocycles. The van der Waals surface area contributed by atoms with Crippen molar-refractivity contribution in [3.63, 3.8) is 0 Å². The normalized spacial score (nSPS) is 22.4. The number of aromatic nitrogens is 2. The highest BCUT2D eigenvalue weighted by molar-refractivity contribution is 7.99. The van der Waals surface area contributed by atoms with Gasteiger partial charge in [0, 0.05) is 52.1 Å². The van der Waals surface area contributed by atoms with E-state index in [2.05, 4.69) is 54.2 Å². The molecule has 0 spiro atoms. The lowest BCUT2D eigenvalue weighted by molar-refractivity contribution is -0.127. The smallest absolute Gasteiger partial charge is 0.325 e.